The van der Waals surface area contributed by atoms with Crippen molar-refractivity contribution in [2.45, 2.75) is 6.42 Å². The molecular weight excluding hydrogens is 375 g/mol. The summed E-state index contributed by atoms with van der Waals surface area (Å²) >= 11 is 3.16. The molecule has 24 heavy (non-hydrogen) atoms. The first kappa shape index (κ1) is 16.4. The first-order valence-corrected chi connectivity index (χ1v) is 8.12. The van der Waals surface area contributed by atoms with E-state index in [4.69, 9.17) is 0 Å². The molecule has 4 nitrogen and oxygen atoms in total. The zero-order valence-electron chi connectivity index (χ0n) is 12.7. The van der Waals surface area contributed by atoms with Gasteiger partial charge >= 0.3 is 0 Å². The van der Waals surface area contributed by atoms with Crippen LogP contribution >= 0.6 is 15.9 Å². The molecule has 0 bridgehead atoms. The Morgan fingerprint density at radius 2 is 1.92 bits per heavy atom. The second-order valence-corrected chi connectivity index (χ2v) is 6.29. The van der Waals surface area contributed by atoms with E-state index >= 15 is 0 Å². The number of benzene rings is 2. The second kappa shape index (κ2) is 6.57. The summed E-state index contributed by atoms with van der Waals surface area (Å²) < 4.78 is 14.3. The standard InChI is InChI=1S/C18H14BrFN2O2/c1-11-13-4-2-3-5-14(13)18(24)22(11)9-8-17(23)21-16-7-6-12(19)10-15(16)20/h2-7,10H,1,8-9H2,(H,21,23). The van der Waals surface area contributed by atoms with E-state index in [1.807, 2.05) is 12.1 Å². The fraction of sp³-hybridized carbons (Fsp3) is 0.111. The monoisotopic (exact) mass is 388 g/mol. The van der Waals surface area contributed by atoms with Crippen molar-refractivity contribution >= 4 is 39.1 Å². The van der Waals surface area contributed by atoms with Gasteiger partial charge in [-0.15, -0.1) is 0 Å². The fourth-order valence-corrected chi connectivity index (χ4v) is 2.92. The van der Waals surface area contributed by atoms with Gasteiger partial charge in [-0.25, -0.2) is 4.39 Å². The molecule has 2 aromatic carbocycles. The summed E-state index contributed by atoms with van der Waals surface area (Å²) in [6.07, 6.45) is 0.0499. The Morgan fingerprint density at radius 1 is 1.21 bits per heavy atom. The van der Waals surface area contributed by atoms with Crippen LogP contribution in [-0.2, 0) is 4.79 Å². The first-order valence-electron chi connectivity index (χ1n) is 7.32. The molecule has 0 aliphatic carbocycles. The molecule has 2 aromatic rings. The molecule has 0 fully saturated rings. The molecule has 0 saturated heterocycles. The molecule has 0 spiro atoms. The molecule has 0 aromatic heterocycles. The molecule has 0 radical (unpaired) electrons. The normalized spacial score (nSPS) is 13.2. The number of nitrogens with zero attached hydrogens (tertiary/aromatic N) is 1. The van der Waals surface area contributed by atoms with Crippen LogP contribution in [0.1, 0.15) is 22.3 Å². The SMILES string of the molecule is C=C1c2ccccc2C(=O)N1CCC(=O)Nc1ccc(Br)cc1F. The molecule has 0 unspecified atom stereocenters. The Balaban J connectivity index is 1.63. The van der Waals surface area contributed by atoms with E-state index in [1.165, 1.54) is 17.0 Å². The summed E-state index contributed by atoms with van der Waals surface area (Å²) in [4.78, 5) is 25.8. The lowest BCUT2D eigenvalue weighted by Gasteiger charge is -2.17. The van der Waals surface area contributed by atoms with E-state index < -0.39 is 5.82 Å². The summed E-state index contributed by atoms with van der Waals surface area (Å²) in [5, 5.41) is 2.51. The second-order valence-electron chi connectivity index (χ2n) is 5.37. The number of rotatable bonds is 4. The van der Waals surface area contributed by atoms with Gasteiger partial charge in [0.15, 0.2) is 0 Å². The Hall–Kier alpha value is -2.47. The number of carbonyl (C=O) groups is 2. The summed E-state index contributed by atoms with van der Waals surface area (Å²) in [7, 11) is 0. The maximum absolute atomic E-state index is 13.7. The van der Waals surface area contributed by atoms with E-state index in [2.05, 4.69) is 27.8 Å². The summed E-state index contributed by atoms with van der Waals surface area (Å²) in [6, 6.07) is 11.6. The minimum absolute atomic E-state index is 0.0499. The lowest BCUT2D eigenvalue weighted by atomic mass is 10.1. The van der Waals surface area contributed by atoms with Gasteiger partial charge in [-0.3, -0.25) is 9.59 Å². The quantitative estimate of drug-likeness (QED) is 0.858. The Morgan fingerprint density at radius 3 is 2.58 bits per heavy atom. The van der Waals surface area contributed by atoms with Gasteiger partial charge in [0.05, 0.1) is 5.69 Å². The van der Waals surface area contributed by atoms with Crippen molar-refractivity contribution in [1.82, 2.24) is 4.90 Å². The highest BCUT2D eigenvalue weighted by Gasteiger charge is 2.30. The minimum Gasteiger partial charge on any atom is -0.324 e. The number of fused-ring (bicyclic) bond motifs is 1. The van der Waals surface area contributed by atoms with Crippen molar-refractivity contribution in [2.75, 3.05) is 11.9 Å². The smallest absolute Gasteiger partial charge is 0.258 e. The number of carbonyl (C=O) groups excluding carboxylic acids is 2. The van der Waals surface area contributed by atoms with Crippen LogP contribution in [0.4, 0.5) is 10.1 Å². The van der Waals surface area contributed by atoms with Crippen molar-refractivity contribution in [3.8, 4) is 0 Å². The fourth-order valence-electron chi connectivity index (χ4n) is 2.59. The molecule has 6 heteroatoms. The molecule has 1 heterocycles. The summed E-state index contributed by atoms with van der Waals surface area (Å²) in [5.41, 5.74) is 2.06. The molecule has 1 aliphatic rings. The third-order valence-corrected chi connectivity index (χ3v) is 4.30. The molecule has 122 valence electrons. The van der Waals surface area contributed by atoms with Gasteiger partial charge in [0.1, 0.15) is 5.82 Å². The summed E-state index contributed by atoms with van der Waals surface area (Å²) in [6.45, 7) is 4.11. The van der Waals surface area contributed by atoms with Crippen LogP contribution in [0.5, 0.6) is 0 Å². The van der Waals surface area contributed by atoms with Crippen LogP contribution < -0.4 is 5.32 Å². The highest BCUT2D eigenvalue weighted by Crippen LogP contribution is 2.31. The van der Waals surface area contributed by atoms with E-state index in [0.717, 1.165) is 5.56 Å². The number of anilines is 1. The average Bonchev–Trinajstić information content (AvgIpc) is 2.80. The Labute approximate surface area is 147 Å². The molecule has 0 atom stereocenters. The van der Waals surface area contributed by atoms with Crippen molar-refractivity contribution in [1.29, 1.82) is 0 Å². The van der Waals surface area contributed by atoms with Crippen LogP contribution in [0.15, 0.2) is 53.5 Å². The van der Waals surface area contributed by atoms with Crippen molar-refractivity contribution in [2.24, 2.45) is 0 Å². The van der Waals surface area contributed by atoms with Crippen molar-refractivity contribution < 1.29 is 14.0 Å². The van der Waals surface area contributed by atoms with Crippen LogP contribution in [0.2, 0.25) is 0 Å². The highest BCUT2D eigenvalue weighted by atomic mass is 79.9. The number of hydrogen-bond donors (Lipinski definition) is 1. The zero-order chi connectivity index (χ0) is 17.3. The lowest BCUT2D eigenvalue weighted by Crippen LogP contribution is -2.27. The van der Waals surface area contributed by atoms with Crippen molar-refractivity contribution in [3.05, 3.63) is 70.5 Å². The van der Waals surface area contributed by atoms with E-state index in [1.54, 1.807) is 18.2 Å². The maximum atomic E-state index is 13.7. The minimum atomic E-state index is -0.521. The number of hydrogen-bond acceptors (Lipinski definition) is 2. The van der Waals surface area contributed by atoms with E-state index in [0.29, 0.717) is 15.7 Å². The average molecular weight is 389 g/mol. The lowest BCUT2D eigenvalue weighted by molar-refractivity contribution is -0.116. The highest BCUT2D eigenvalue weighted by molar-refractivity contribution is 9.10. The van der Waals surface area contributed by atoms with Crippen molar-refractivity contribution in [3.63, 3.8) is 0 Å². The molecule has 3 rings (SSSR count). The van der Waals surface area contributed by atoms with Crippen LogP contribution in [0.25, 0.3) is 5.70 Å². The van der Waals surface area contributed by atoms with Gasteiger partial charge in [-0.2, -0.15) is 0 Å². The van der Waals surface area contributed by atoms with Crippen LogP contribution in [0, 0.1) is 5.82 Å². The van der Waals surface area contributed by atoms with Gasteiger partial charge in [-0.1, -0.05) is 40.7 Å². The van der Waals surface area contributed by atoms with Gasteiger partial charge in [0.25, 0.3) is 5.91 Å². The largest absolute Gasteiger partial charge is 0.324 e. The summed E-state index contributed by atoms with van der Waals surface area (Å²) in [5.74, 6) is -1.06. The van der Waals surface area contributed by atoms with E-state index in [9.17, 15) is 14.0 Å². The predicted octanol–water partition coefficient (Wildman–Crippen LogP) is 4.04. The zero-order valence-corrected chi connectivity index (χ0v) is 14.3. The third kappa shape index (κ3) is 3.10. The van der Waals surface area contributed by atoms with Gasteiger partial charge in [0.2, 0.25) is 5.91 Å². The molecule has 1 aliphatic heterocycles. The van der Waals surface area contributed by atoms with E-state index in [-0.39, 0.29) is 30.5 Å². The molecule has 2 amide bonds. The Kier molecular flexibility index (Phi) is 4.49. The third-order valence-electron chi connectivity index (χ3n) is 3.81. The topological polar surface area (TPSA) is 49.4 Å². The van der Waals surface area contributed by atoms with Gasteiger partial charge in [-0.05, 0) is 24.3 Å². The van der Waals surface area contributed by atoms with Gasteiger partial charge < -0.3 is 10.2 Å². The first-order chi connectivity index (χ1) is 11.5. The maximum Gasteiger partial charge on any atom is 0.258 e. The predicted molar refractivity (Wildman–Crippen MR) is 93.9 cm³/mol. The number of amides is 2. The van der Waals surface area contributed by atoms with Crippen LogP contribution in [-0.4, -0.2) is 23.3 Å². The number of halogens is 2. The van der Waals surface area contributed by atoms with Crippen LogP contribution in [0.3, 0.4) is 0 Å². The molecule has 1 N–H and O–H groups in total. The number of nitrogens with one attached hydrogen (secondary N) is 1. The van der Waals surface area contributed by atoms with Gasteiger partial charge in [0, 0.05) is 34.3 Å². The molecule has 0 saturated carbocycles. The molecular formula is C18H14BrFN2O2. The Bertz CT molecular complexity index is 816.